The fourth-order valence-electron chi connectivity index (χ4n) is 10.9. The van der Waals surface area contributed by atoms with Gasteiger partial charge in [-0.15, -0.1) is 0 Å². The summed E-state index contributed by atoms with van der Waals surface area (Å²) in [6, 6.07) is 2.21. The van der Waals surface area contributed by atoms with Crippen molar-refractivity contribution in [1.82, 2.24) is 0 Å². The first-order valence-electron chi connectivity index (χ1n) is 14.2. The fraction of sp³-hybridized carbons (Fsp3) is 0.812. The number of hydrogen-bond donors (Lipinski definition) is 0. The van der Waals surface area contributed by atoms with E-state index >= 15 is 0 Å². The summed E-state index contributed by atoms with van der Waals surface area (Å²) in [5.74, 6) is 0.808. The summed E-state index contributed by atoms with van der Waals surface area (Å²) in [7, 11) is 0. The van der Waals surface area contributed by atoms with Gasteiger partial charge in [0.2, 0.25) is 0 Å². The number of fused-ring (bicyclic) bond motifs is 7. The summed E-state index contributed by atoms with van der Waals surface area (Å²) in [5.41, 5.74) is -1.20. The average Bonchev–Trinajstić information content (AvgIpc) is 2.77. The highest BCUT2D eigenvalue weighted by Crippen LogP contribution is 2.75. The molecule has 4 saturated carbocycles. The van der Waals surface area contributed by atoms with Gasteiger partial charge in [-0.05, 0) is 91.3 Å². The van der Waals surface area contributed by atoms with Crippen molar-refractivity contribution in [1.29, 1.82) is 5.26 Å². The zero-order chi connectivity index (χ0) is 26.7. The van der Waals surface area contributed by atoms with E-state index in [0.717, 1.165) is 44.9 Å². The van der Waals surface area contributed by atoms with Crippen molar-refractivity contribution >= 4 is 17.3 Å². The molecule has 8 atom stereocenters. The number of carbonyl (C=O) groups is 3. The predicted molar refractivity (Wildman–Crippen MR) is 140 cm³/mol. The van der Waals surface area contributed by atoms with Gasteiger partial charge in [0, 0.05) is 23.2 Å². The number of carbonyl (C=O) groups excluding carboxylic acids is 3. The maximum absolute atomic E-state index is 14.4. The largest absolute Gasteiger partial charge is 0.299 e. The maximum atomic E-state index is 14.4. The van der Waals surface area contributed by atoms with Crippen molar-refractivity contribution in [3.8, 4) is 6.07 Å². The summed E-state index contributed by atoms with van der Waals surface area (Å²) < 4.78 is 0. The lowest BCUT2D eigenvalue weighted by Crippen LogP contribution is -2.69. The smallest absolute Gasteiger partial charge is 0.178 e. The molecule has 4 nitrogen and oxygen atoms in total. The van der Waals surface area contributed by atoms with E-state index in [1.807, 2.05) is 19.9 Å². The van der Waals surface area contributed by atoms with Crippen LogP contribution in [0.15, 0.2) is 11.6 Å². The monoisotopic (exact) mass is 491 g/mol. The Labute approximate surface area is 217 Å². The number of Topliss-reactive ketones (excluding diaryl/α,β-unsaturated/α-hetero) is 3. The van der Waals surface area contributed by atoms with Crippen molar-refractivity contribution in [2.45, 2.75) is 107 Å². The SMILES string of the molecule is CC(=O)[C@]12CCC(C)(C)C[C@@H]1[C@H]1C(=O)C[C@@H]3[C@@]4(C)C=C(C#N)C(=O)C(C)(C)[C@@H]4CC[C@@]3(C)[C@]1(C)CC2. The first kappa shape index (κ1) is 25.9. The molecule has 0 aromatic carbocycles. The molecule has 0 saturated heterocycles. The Morgan fingerprint density at radius 3 is 2.17 bits per heavy atom. The third kappa shape index (κ3) is 2.95. The molecule has 0 heterocycles. The number of nitriles is 1. The van der Waals surface area contributed by atoms with E-state index < -0.39 is 5.41 Å². The Morgan fingerprint density at radius 2 is 1.56 bits per heavy atom. The van der Waals surface area contributed by atoms with E-state index in [1.165, 1.54) is 0 Å². The molecule has 0 spiro atoms. The zero-order valence-corrected chi connectivity index (χ0v) is 23.7. The third-order valence-corrected chi connectivity index (χ3v) is 13.2. The molecular weight excluding hydrogens is 446 g/mol. The highest BCUT2D eigenvalue weighted by Gasteiger charge is 2.72. The molecule has 0 unspecified atom stereocenters. The van der Waals surface area contributed by atoms with Gasteiger partial charge in [-0.3, -0.25) is 14.4 Å². The normalized spacial score (nSPS) is 48.9. The molecule has 5 aliphatic rings. The van der Waals surface area contributed by atoms with Crippen LogP contribution in [0.5, 0.6) is 0 Å². The molecule has 0 aromatic rings. The van der Waals surface area contributed by atoms with Gasteiger partial charge >= 0.3 is 0 Å². The summed E-state index contributed by atoms with van der Waals surface area (Å²) >= 11 is 0. The Kier molecular flexibility index (Phi) is 5.33. The Hall–Kier alpha value is -1.76. The van der Waals surface area contributed by atoms with Gasteiger partial charge in [-0.25, -0.2) is 0 Å². The minimum absolute atomic E-state index is 0.0457. The lowest BCUT2D eigenvalue weighted by Gasteiger charge is -2.71. The molecule has 5 rings (SSSR count). The molecule has 0 aromatic heterocycles. The van der Waals surface area contributed by atoms with E-state index in [-0.39, 0.29) is 67.9 Å². The summed E-state index contributed by atoms with van der Waals surface area (Å²) in [6.07, 6.45) is 9.08. The molecule has 4 heteroatoms. The topological polar surface area (TPSA) is 75.0 Å². The quantitative estimate of drug-likeness (QED) is 0.401. The van der Waals surface area contributed by atoms with Crippen LogP contribution in [0.2, 0.25) is 0 Å². The number of hydrogen-bond acceptors (Lipinski definition) is 4. The average molecular weight is 492 g/mol. The minimum Gasteiger partial charge on any atom is -0.299 e. The molecule has 4 fully saturated rings. The van der Waals surface area contributed by atoms with Gasteiger partial charge in [0.15, 0.2) is 5.78 Å². The summed E-state index contributed by atoms with van der Waals surface area (Å²) in [5, 5.41) is 9.87. The van der Waals surface area contributed by atoms with Crippen LogP contribution in [0.25, 0.3) is 0 Å². The van der Waals surface area contributed by atoms with Crippen LogP contribution in [-0.4, -0.2) is 17.3 Å². The van der Waals surface area contributed by atoms with Crippen LogP contribution in [0.1, 0.15) is 107 Å². The van der Waals surface area contributed by atoms with Crippen molar-refractivity contribution in [3.05, 3.63) is 11.6 Å². The lowest BCUT2D eigenvalue weighted by molar-refractivity contribution is -0.221. The van der Waals surface area contributed by atoms with Crippen molar-refractivity contribution in [2.75, 3.05) is 0 Å². The predicted octanol–water partition coefficient (Wildman–Crippen LogP) is 6.87. The van der Waals surface area contributed by atoms with Gasteiger partial charge in [-0.2, -0.15) is 5.26 Å². The Bertz CT molecular complexity index is 1120. The Morgan fingerprint density at radius 1 is 0.917 bits per heavy atom. The zero-order valence-electron chi connectivity index (χ0n) is 23.7. The van der Waals surface area contributed by atoms with Crippen LogP contribution < -0.4 is 0 Å². The second-order valence-electron chi connectivity index (χ2n) is 15.4. The molecule has 5 aliphatic carbocycles. The van der Waals surface area contributed by atoms with Gasteiger partial charge in [0.05, 0.1) is 5.57 Å². The van der Waals surface area contributed by atoms with E-state index in [0.29, 0.717) is 12.2 Å². The van der Waals surface area contributed by atoms with Crippen LogP contribution in [0.3, 0.4) is 0 Å². The molecule has 0 bridgehead atoms. The molecule has 0 N–H and O–H groups in total. The van der Waals surface area contributed by atoms with Gasteiger partial charge in [-0.1, -0.05) is 54.5 Å². The second kappa shape index (κ2) is 7.42. The molecule has 0 amide bonds. The number of ketones is 3. The molecule has 0 aliphatic heterocycles. The third-order valence-electron chi connectivity index (χ3n) is 13.2. The van der Waals surface area contributed by atoms with E-state index in [4.69, 9.17) is 0 Å². The van der Waals surface area contributed by atoms with Gasteiger partial charge < -0.3 is 0 Å². The van der Waals surface area contributed by atoms with Crippen molar-refractivity contribution in [2.24, 2.45) is 56.2 Å². The molecule has 0 radical (unpaired) electrons. The van der Waals surface area contributed by atoms with Gasteiger partial charge in [0.1, 0.15) is 17.6 Å². The second-order valence-corrected chi connectivity index (χ2v) is 15.4. The summed E-state index contributed by atoms with van der Waals surface area (Å²) in [6.45, 7) is 17.4. The van der Waals surface area contributed by atoms with E-state index in [2.05, 4.69) is 40.7 Å². The molecule has 196 valence electrons. The first-order valence-corrected chi connectivity index (χ1v) is 14.2. The maximum Gasteiger partial charge on any atom is 0.178 e. The molecular formula is C32H45NO3. The lowest BCUT2D eigenvalue weighted by atomic mass is 9.31. The van der Waals surface area contributed by atoms with Crippen LogP contribution in [-0.2, 0) is 14.4 Å². The first-order chi connectivity index (χ1) is 16.5. The number of nitrogens with zero attached hydrogens (tertiary/aromatic N) is 1. The standard InChI is InChI=1S/C32H45NO3/c1-19(34)32-13-11-27(2,3)17-21(32)25-22(35)15-24-29(6)16-20(18-33)26(36)28(4,5)23(29)9-10-30(24,7)31(25,8)12-14-32/h16,21,23-25H,9-15,17H2,1-8H3/t21-,23+,24-,25+,29+,30-,31-,32-/m1/s1. The van der Waals surface area contributed by atoms with E-state index in [1.54, 1.807) is 6.92 Å². The summed E-state index contributed by atoms with van der Waals surface area (Å²) in [4.78, 5) is 40.8. The number of rotatable bonds is 1. The van der Waals surface area contributed by atoms with E-state index in [9.17, 15) is 19.6 Å². The highest BCUT2D eigenvalue weighted by atomic mass is 16.1. The van der Waals surface area contributed by atoms with Gasteiger partial charge in [0.25, 0.3) is 0 Å². The minimum atomic E-state index is -0.611. The van der Waals surface area contributed by atoms with Crippen molar-refractivity contribution in [3.63, 3.8) is 0 Å². The Balaban J connectivity index is 1.65. The fourth-order valence-corrected chi connectivity index (χ4v) is 10.9. The highest BCUT2D eigenvalue weighted by molar-refractivity contribution is 6.04. The molecule has 36 heavy (non-hydrogen) atoms. The van der Waals surface area contributed by atoms with Crippen molar-refractivity contribution < 1.29 is 14.4 Å². The number of allylic oxidation sites excluding steroid dienone is 2. The van der Waals surface area contributed by atoms with Crippen LogP contribution in [0.4, 0.5) is 0 Å². The van der Waals surface area contributed by atoms with Crippen LogP contribution in [0, 0.1) is 67.5 Å². The van der Waals surface area contributed by atoms with Crippen LogP contribution >= 0.6 is 0 Å².